The fourth-order valence-corrected chi connectivity index (χ4v) is 2.44. The molecule has 0 aromatic carbocycles. The molecule has 1 aromatic rings. The first-order chi connectivity index (χ1) is 13.6. The van der Waals surface area contributed by atoms with E-state index < -0.39 is 16.6 Å². The van der Waals surface area contributed by atoms with Gasteiger partial charge in [-0.15, -0.1) is 24.0 Å². The van der Waals surface area contributed by atoms with Crippen molar-refractivity contribution in [2.45, 2.75) is 65.1 Å². The van der Waals surface area contributed by atoms with Crippen LogP contribution in [0, 0.1) is 10.1 Å². The number of nitrogens with one attached hydrogen (secondary N) is 3. The lowest BCUT2D eigenvalue weighted by Crippen LogP contribution is -2.49. The van der Waals surface area contributed by atoms with Gasteiger partial charge in [0.1, 0.15) is 18.0 Å². The summed E-state index contributed by atoms with van der Waals surface area (Å²) in [6, 6.07) is -0.0144. The predicted molar refractivity (Wildman–Crippen MR) is 126 cm³/mol. The maximum absolute atomic E-state index is 11.9. The summed E-state index contributed by atoms with van der Waals surface area (Å²) in [6.45, 7) is 8.90. The first-order valence-electron chi connectivity index (χ1n) is 9.75. The molecule has 1 rings (SSSR count). The van der Waals surface area contributed by atoms with Crippen LogP contribution in [-0.2, 0) is 11.3 Å². The number of unbranched alkanes of at least 4 members (excludes halogenated alkanes) is 1. The summed E-state index contributed by atoms with van der Waals surface area (Å²) in [5.41, 5.74) is -0.587. The zero-order valence-electron chi connectivity index (χ0n) is 18.3. The number of aromatic nitrogens is 2. The van der Waals surface area contributed by atoms with Crippen molar-refractivity contribution < 1.29 is 14.5 Å². The van der Waals surface area contributed by atoms with Gasteiger partial charge in [-0.3, -0.25) is 19.8 Å². The van der Waals surface area contributed by atoms with Crippen molar-refractivity contribution in [2.75, 3.05) is 20.1 Å². The number of carbonyl (C=O) groups is 1. The molecule has 0 aliphatic carbocycles. The Morgan fingerprint density at radius 3 is 2.63 bits per heavy atom. The highest BCUT2D eigenvalue weighted by molar-refractivity contribution is 14.0. The fraction of sp³-hybridized carbons (Fsp3) is 0.722. The number of guanidine groups is 1. The summed E-state index contributed by atoms with van der Waals surface area (Å²) in [6.07, 6.45) is 5.04. The van der Waals surface area contributed by atoms with Gasteiger partial charge < -0.3 is 20.7 Å². The number of amides is 1. The minimum Gasteiger partial charge on any atom is -0.444 e. The molecule has 1 atom stereocenters. The van der Waals surface area contributed by atoms with Gasteiger partial charge in [0.25, 0.3) is 0 Å². The quantitative estimate of drug-likeness (QED) is 0.137. The Kier molecular flexibility index (Phi) is 13.0. The highest BCUT2D eigenvalue weighted by Crippen LogP contribution is 2.08. The van der Waals surface area contributed by atoms with E-state index in [1.54, 1.807) is 7.05 Å². The number of hydrogen-bond donors (Lipinski definition) is 3. The normalized spacial score (nSPS) is 12.5. The Bertz CT molecular complexity index is 688. The first kappa shape index (κ1) is 27.9. The molecule has 0 bridgehead atoms. The van der Waals surface area contributed by atoms with Gasteiger partial charge in [0.2, 0.25) is 0 Å². The van der Waals surface area contributed by atoms with Crippen molar-refractivity contribution in [3.05, 3.63) is 22.5 Å². The highest BCUT2D eigenvalue weighted by atomic mass is 127. The van der Waals surface area contributed by atoms with Crippen LogP contribution < -0.4 is 16.0 Å². The van der Waals surface area contributed by atoms with Crippen LogP contribution >= 0.6 is 24.0 Å². The zero-order chi connectivity index (χ0) is 21.9. The number of nitrogens with zero attached hydrogens (tertiary/aromatic N) is 4. The minimum atomic E-state index is -0.546. The lowest BCUT2D eigenvalue weighted by Gasteiger charge is -2.24. The monoisotopic (exact) mass is 539 g/mol. The molecular formula is C18H34IN7O4. The van der Waals surface area contributed by atoms with E-state index in [9.17, 15) is 14.9 Å². The molecule has 1 amide bonds. The van der Waals surface area contributed by atoms with Crippen LogP contribution in [0.3, 0.4) is 0 Å². The third kappa shape index (κ3) is 11.8. The summed E-state index contributed by atoms with van der Waals surface area (Å²) in [7, 11) is 1.66. The second-order valence-electron chi connectivity index (χ2n) is 7.58. The molecule has 0 aliphatic heterocycles. The van der Waals surface area contributed by atoms with Crippen molar-refractivity contribution in [3.63, 3.8) is 0 Å². The van der Waals surface area contributed by atoms with E-state index in [2.05, 4.69) is 33.0 Å². The van der Waals surface area contributed by atoms with Crippen LogP contribution in [0.5, 0.6) is 0 Å². The molecule has 0 spiro atoms. The number of carbonyl (C=O) groups excluding carboxylic acids is 1. The summed E-state index contributed by atoms with van der Waals surface area (Å²) in [5.74, 6) is 0.582. The summed E-state index contributed by atoms with van der Waals surface area (Å²) < 4.78 is 6.77. The third-order valence-corrected chi connectivity index (χ3v) is 3.83. The number of nitro groups is 1. The number of rotatable bonds is 10. The van der Waals surface area contributed by atoms with Crippen LogP contribution in [0.15, 0.2) is 17.4 Å². The molecule has 0 radical (unpaired) electrons. The summed E-state index contributed by atoms with van der Waals surface area (Å²) in [5, 5.41) is 23.9. The lowest BCUT2D eigenvalue weighted by molar-refractivity contribution is -0.385. The maximum atomic E-state index is 11.9. The molecule has 11 nitrogen and oxygen atoms in total. The Morgan fingerprint density at radius 1 is 1.40 bits per heavy atom. The topological polar surface area (TPSA) is 136 Å². The number of halogens is 1. The number of alkyl carbamates (subject to hydrolysis) is 1. The Balaban J connectivity index is 0.00000841. The highest BCUT2D eigenvalue weighted by Gasteiger charge is 2.18. The smallest absolute Gasteiger partial charge is 0.407 e. The Labute approximate surface area is 194 Å². The van der Waals surface area contributed by atoms with Crippen molar-refractivity contribution in [3.8, 4) is 0 Å². The average Bonchev–Trinajstić information content (AvgIpc) is 3.10. The molecule has 0 saturated carbocycles. The van der Waals surface area contributed by atoms with Crippen molar-refractivity contribution in [1.29, 1.82) is 0 Å². The standard InChI is InChI=1S/C18H33N7O4.HI/c1-6-7-8-14(11-21-17(26)29-18(2,3)4)23-16(19-5)20-9-10-24-13-15(12-22-24)25(27)28;/h12-14H,6-11H2,1-5H3,(H,21,26)(H2,19,20,23);1H. The van der Waals surface area contributed by atoms with E-state index in [4.69, 9.17) is 4.74 Å². The van der Waals surface area contributed by atoms with Gasteiger partial charge in [0.05, 0.1) is 11.5 Å². The van der Waals surface area contributed by atoms with Crippen molar-refractivity contribution in [1.82, 2.24) is 25.7 Å². The van der Waals surface area contributed by atoms with Gasteiger partial charge in [-0.25, -0.2) is 4.79 Å². The predicted octanol–water partition coefficient (Wildman–Crippen LogP) is 2.66. The molecule has 0 saturated heterocycles. The third-order valence-electron chi connectivity index (χ3n) is 3.83. The second kappa shape index (κ2) is 14.0. The van der Waals surface area contributed by atoms with Gasteiger partial charge in [0.15, 0.2) is 5.96 Å². The molecule has 1 unspecified atom stereocenters. The number of aliphatic imine (C=N–C) groups is 1. The molecule has 3 N–H and O–H groups in total. The number of ether oxygens (including phenoxy) is 1. The Hall–Kier alpha value is -2.12. The molecule has 172 valence electrons. The van der Waals surface area contributed by atoms with Gasteiger partial charge >= 0.3 is 11.8 Å². The summed E-state index contributed by atoms with van der Waals surface area (Å²) >= 11 is 0. The zero-order valence-corrected chi connectivity index (χ0v) is 20.6. The SMILES string of the molecule is CCCCC(CNC(=O)OC(C)(C)C)NC(=NC)NCCn1cc([N+](=O)[O-])cn1.I. The maximum Gasteiger partial charge on any atom is 0.407 e. The minimum absolute atomic E-state index is 0. The molecule has 12 heteroatoms. The van der Waals surface area contributed by atoms with Crippen LogP contribution in [0.1, 0.15) is 47.0 Å². The molecule has 1 aromatic heterocycles. The molecule has 0 fully saturated rings. The van der Waals surface area contributed by atoms with E-state index in [1.165, 1.54) is 17.1 Å². The molecule has 1 heterocycles. The molecular weight excluding hydrogens is 505 g/mol. The molecule has 30 heavy (non-hydrogen) atoms. The lowest BCUT2D eigenvalue weighted by atomic mass is 10.1. The van der Waals surface area contributed by atoms with E-state index in [0.717, 1.165) is 19.3 Å². The molecule has 0 aliphatic rings. The average molecular weight is 539 g/mol. The van der Waals surface area contributed by atoms with E-state index in [1.807, 2.05) is 20.8 Å². The van der Waals surface area contributed by atoms with Gasteiger partial charge in [-0.05, 0) is 27.2 Å². The van der Waals surface area contributed by atoms with E-state index in [0.29, 0.717) is 25.6 Å². The van der Waals surface area contributed by atoms with E-state index in [-0.39, 0.29) is 35.7 Å². The first-order valence-corrected chi connectivity index (χ1v) is 9.75. The van der Waals surface area contributed by atoms with Crippen LogP contribution in [0.4, 0.5) is 10.5 Å². The van der Waals surface area contributed by atoms with Gasteiger partial charge in [-0.1, -0.05) is 19.8 Å². The van der Waals surface area contributed by atoms with Crippen LogP contribution in [-0.4, -0.2) is 58.5 Å². The van der Waals surface area contributed by atoms with Gasteiger partial charge in [0, 0.05) is 26.2 Å². The Morgan fingerprint density at radius 2 is 2.10 bits per heavy atom. The van der Waals surface area contributed by atoms with Crippen LogP contribution in [0.2, 0.25) is 0 Å². The fourth-order valence-electron chi connectivity index (χ4n) is 2.44. The van der Waals surface area contributed by atoms with Crippen LogP contribution in [0.25, 0.3) is 0 Å². The van der Waals surface area contributed by atoms with E-state index >= 15 is 0 Å². The van der Waals surface area contributed by atoms with Crippen molar-refractivity contribution in [2.24, 2.45) is 4.99 Å². The van der Waals surface area contributed by atoms with Gasteiger partial charge in [-0.2, -0.15) is 5.10 Å². The van der Waals surface area contributed by atoms with Crippen molar-refractivity contribution >= 4 is 41.7 Å². The number of hydrogen-bond acceptors (Lipinski definition) is 6. The largest absolute Gasteiger partial charge is 0.444 e. The summed E-state index contributed by atoms with van der Waals surface area (Å²) in [4.78, 5) is 26.3. The second-order valence-corrected chi connectivity index (χ2v) is 7.58.